The lowest BCUT2D eigenvalue weighted by atomic mass is 9.89. The van der Waals surface area contributed by atoms with E-state index in [9.17, 15) is 9.59 Å². The van der Waals surface area contributed by atoms with Crippen molar-refractivity contribution in [2.75, 3.05) is 6.54 Å². The molecule has 0 aliphatic heterocycles. The van der Waals surface area contributed by atoms with Crippen molar-refractivity contribution in [2.24, 2.45) is 5.92 Å². The number of carbonyl (C=O) groups is 2. The number of amides is 3. The number of hydrogen-bond acceptors (Lipinski definition) is 6. The number of thiophene rings is 1. The third-order valence-electron chi connectivity index (χ3n) is 4.29. The second-order valence-electron chi connectivity index (χ2n) is 6.32. The van der Waals surface area contributed by atoms with E-state index in [0.29, 0.717) is 12.5 Å². The Morgan fingerprint density at radius 3 is 3.00 bits per heavy atom. The minimum absolute atomic E-state index is 0.319. The number of aryl methyl sites for hydroxylation is 1. The molecule has 0 saturated carbocycles. The van der Waals surface area contributed by atoms with E-state index in [1.54, 1.807) is 31.5 Å². The van der Waals surface area contributed by atoms with Gasteiger partial charge < -0.3 is 5.32 Å². The van der Waals surface area contributed by atoms with Crippen molar-refractivity contribution >= 4 is 45.3 Å². The molecule has 1 aliphatic carbocycles. The Bertz CT molecular complexity index is 805. The molecule has 0 spiro atoms. The first-order valence-corrected chi connectivity index (χ1v) is 10.2. The molecule has 2 aromatic rings. The summed E-state index contributed by atoms with van der Waals surface area (Å²) in [5.74, 6) is 0.381. The Hall–Kier alpha value is -1.67. The van der Waals surface area contributed by atoms with E-state index in [2.05, 4.69) is 27.5 Å². The standard InChI is InChI=1S/C17H22N4O2S2/c1-4-18-17(23)21-14(22)10(3)24-15-13-11-6-5-9(2)7-12(11)25-16(13)20-8-19-15/h8-10H,4-7H2,1-3H3,(H2,18,21,22,23)/t9-,10-/m1/s1. The Kier molecular flexibility index (Phi) is 5.58. The average molecular weight is 379 g/mol. The molecule has 3 rings (SSSR count). The summed E-state index contributed by atoms with van der Waals surface area (Å²) < 4.78 is 0. The first-order chi connectivity index (χ1) is 12.0. The molecule has 25 heavy (non-hydrogen) atoms. The molecule has 0 bridgehead atoms. The molecule has 0 radical (unpaired) electrons. The summed E-state index contributed by atoms with van der Waals surface area (Å²) in [6, 6.07) is -0.463. The molecule has 2 heterocycles. The van der Waals surface area contributed by atoms with Gasteiger partial charge in [0, 0.05) is 16.8 Å². The highest BCUT2D eigenvalue weighted by molar-refractivity contribution is 8.00. The third kappa shape index (κ3) is 3.95. The molecule has 2 atom stereocenters. The zero-order valence-electron chi connectivity index (χ0n) is 14.6. The number of hydrogen-bond donors (Lipinski definition) is 2. The number of carbonyl (C=O) groups excluding carboxylic acids is 2. The number of nitrogens with zero attached hydrogens (tertiary/aromatic N) is 2. The van der Waals surface area contributed by atoms with Crippen LogP contribution in [0.3, 0.4) is 0 Å². The topological polar surface area (TPSA) is 84.0 Å². The SMILES string of the molecule is CCNC(=O)NC(=O)[C@@H](C)Sc1ncnc2sc3c(c12)CC[C@@H](C)C3. The number of urea groups is 1. The van der Waals surface area contributed by atoms with Gasteiger partial charge in [0.25, 0.3) is 0 Å². The van der Waals surface area contributed by atoms with Crippen molar-refractivity contribution in [1.82, 2.24) is 20.6 Å². The van der Waals surface area contributed by atoms with E-state index in [0.717, 1.165) is 28.1 Å². The van der Waals surface area contributed by atoms with Crippen molar-refractivity contribution < 1.29 is 9.59 Å². The Morgan fingerprint density at radius 1 is 1.44 bits per heavy atom. The van der Waals surface area contributed by atoms with Gasteiger partial charge >= 0.3 is 6.03 Å². The zero-order chi connectivity index (χ0) is 18.0. The van der Waals surface area contributed by atoms with Crippen LogP contribution in [-0.2, 0) is 17.6 Å². The van der Waals surface area contributed by atoms with Crippen LogP contribution in [0.25, 0.3) is 10.2 Å². The van der Waals surface area contributed by atoms with Crippen LogP contribution in [0.4, 0.5) is 4.79 Å². The summed E-state index contributed by atoms with van der Waals surface area (Å²) in [7, 11) is 0. The summed E-state index contributed by atoms with van der Waals surface area (Å²) in [6.07, 6.45) is 4.86. The van der Waals surface area contributed by atoms with Crippen LogP contribution in [-0.4, -0.2) is 33.7 Å². The fraction of sp³-hybridized carbons (Fsp3) is 0.529. The van der Waals surface area contributed by atoms with E-state index in [1.165, 1.54) is 28.6 Å². The summed E-state index contributed by atoms with van der Waals surface area (Å²) in [6.45, 7) is 6.35. The zero-order valence-corrected chi connectivity index (χ0v) is 16.2. The molecule has 2 N–H and O–H groups in total. The number of imide groups is 1. The smallest absolute Gasteiger partial charge is 0.321 e. The molecule has 2 aromatic heterocycles. The van der Waals surface area contributed by atoms with Crippen molar-refractivity contribution in [2.45, 2.75) is 50.3 Å². The van der Waals surface area contributed by atoms with Crippen molar-refractivity contribution in [3.8, 4) is 0 Å². The molecule has 0 unspecified atom stereocenters. The molecule has 0 aromatic carbocycles. The minimum atomic E-state index is -0.463. The van der Waals surface area contributed by atoms with Crippen LogP contribution in [0.15, 0.2) is 11.4 Å². The normalized spacial score (nSPS) is 17.8. The van der Waals surface area contributed by atoms with Gasteiger partial charge in [-0.15, -0.1) is 11.3 Å². The second kappa shape index (κ2) is 7.70. The van der Waals surface area contributed by atoms with Crippen molar-refractivity contribution in [3.63, 3.8) is 0 Å². The van der Waals surface area contributed by atoms with Crippen molar-refractivity contribution in [3.05, 3.63) is 16.8 Å². The maximum Gasteiger partial charge on any atom is 0.321 e. The summed E-state index contributed by atoms with van der Waals surface area (Å²) in [5.41, 5.74) is 1.34. The molecule has 0 fully saturated rings. The van der Waals surface area contributed by atoms with Crippen LogP contribution in [0.1, 0.15) is 37.6 Å². The van der Waals surface area contributed by atoms with Gasteiger partial charge in [-0.05, 0) is 44.6 Å². The largest absolute Gasteiger partial charge is 0.338 e. The lowest BCUT2D eigenvalue weighted by molar-refractivity contribution is -0.119. The Morgan fingerprint density at radius 2 is 2.24 bits per heavy atom. The maximum absolute atomic E-state index is 12.2. The van der Waals surface area contributed by atoms with Crippen LogP contribution in [0.5, 0.6) is 0 Å². The van der Waals surface area contributed by atoms with E-state index >= 15 is 0 Å². The quantitative estimate of drug-likeness (QED) is 0.631. The molecular formula is C17H22N4O2S2. The number of fused-ring (bicyclic) bond motifs is 3. The number of rotatable bonds is 4. The van der Waals surface area contributed by atoms with Crippen LogP contribution in [0.2, 0.25) is 0 Å². The van der Waals surface area contributed by atoms with Gasteiger partial charge in [-0.3, -0.25) is 10.1 Å². The van der Waals surface area contributed by atoms with Gasteiger partial charge in [-0.2, -0.15) is 0 Å². The summed E-state index contributed by atoms with van der Waals surface area (Å²) in [5, 5.41) is 6.43. The van der Waals surface area contributed by atoms with E-state index in [-0.39, 0.29) is 5.91 Å². The van der Waals surface area contributed by atoms with Gasteiger partial charge in [0.1, 0.15) is 16.2 Å². The van der Waals surface area contributed by atoms with E-state index < -0.39 is 11.3 Å². The van der Waals surface area contributed by atoms with E-state index in [1.807, 2.05) is 0 Å². The fourth-order valence-electron chi connectivity index (χ4n) is 2.97. The number of aromatic nitrogens is 2. The summed E-state index contributed by atoms with van der Waals surface area (Å²) >= 11 is 3.12. The molecule has 0 saturated heterocycles. The number of nitrogens with one attached hydrogen (secondary N) is 2. The van der Waals surface area contributed by atoms with E-state index in [4.69, 9.17) is 0 Å². The highest BCUT2D eigenvalue weighted by Crippen LogP contribution is 2.41. The third-order valence-corrected chi connectivity index (χ3v) is 6.55. The van der Waals surface area contributed by atoms with Gasteiger partial charge in [0.2, 0.25) is 5.91 Å². The Balaban J connectivity index is 1.82. The monoisotopic (exact) mass is 378 g/mol. The molecule has 134 valence electrons. The van der Waals surface area contributed by atoms with Crippen LogP contribution < -0.4 is 10.6 Å². The van der Waals surface area contributed by atoms with Gasteiger partial charge in [0.15, 0.2) is 0 Å². The summed E-state index contributed by atoms with van der Waals surface area (Å²) in [4.78, 5) is 35.0. The minimum Gasteiger partial charge on any atom is -0.338 e. The number of thioether (sulfide) groups is 1. The maximum atomic E-state index is 12.2. The molecule has 1 aliphatic rings. The molecule has 3 amide bonds. The average Bonchev–Trinajstić information content (AvgIpc) is 2.93. The second-order valence-corrected chi connectivity index (χ2v) is 8.73. The lowest BCUT2D eigenvalue weighted by Crippen LogP contribution is -2.42. The predicted octanol–water partition coefficient (Wildman–Crippen LogP) is 3.14. The highest BCUT2D eigenvalue weighted by atomic mass is 32.2. The van der Waals surface area contributed by atoms with Crippen molar-refractivity contribution in [1.29, 1.82) is 0 Å². The molecule has 6 nitrogen and oxygen atoms in total. The Labute approximate surface area is 155 Å². The molecule has 8 heteroatoms. The molecular weight excluding hydrogens is 356 g/mol. The van der Waals surface area contributed by atoms with Gasteiger partial charge in [0.05, 0.1) is 5.25 Å². The van der Waals surface area contributed by atoms with Crippen LogP contribution in [0, 0.1) is 5.92 Å². The van der Waals surface area contributed by atoms with Crippen LogP contribution >= 0.6 is 23.1 Å². The lowest BCUT2D eigenvalue weighted by Gasteiger charge is -2.18. The predicted molar refractivity (Wildman–Crippen MR) is 101 cm³/mol. The highest BCUT2D eigenvalue weighted by Gasteiger charge is 2.25. The fourth-order valence-corrected chi connectivity index (χ4v) is 5.34. The first-order valence-electron chi connectivity index (χ1n) is 8.50. The van der Waals surface area contributed by atoms with Gasteiger partial charge in [-0.25, -0.2) is 14.8 Å². The van der Waals surface area contributed by atoms with Gasteiger partial charge in [-0.1, -0.05) is 18.7 Å². The first kappa shape index (κ1) is 18.1.